The maximum Gasteiger partial charge on any atom is 0.272 e. The number of pyridine rings is 1. The zero-order valence-electron chi connectivity index (χ0n) is 14.9. The van der Waals surface area contributed by atoms with E-state index in [2.05, 4.69) is 25.5 Å². The molecule has 28 heavy (non-hydrogen) atoms. The van der Waals surface area contributed by atoms with Crippen LogP contribution in [0.5, 0.6) is 0 Å². The fourth-order valence-corrected chi connectivity index (χ4v) is 3.42. The summed E-state index contributed by atoms with van der Waals surface area (Å²) in [5.41, 5.74) is 7.08. The number of hydrogen-bond donors (Lipinski definition) is 2. The normalized spacial score (nSPS) is 11.1. The Hall–Kier alpha value is -3.45. The standard InChI is InChI=1S/C21H17N5OS/c27-20(17-4-3-11-22-13-17)26-23-12-15-7-9-16(10-8-15)14-28-21-24-18-5-1-2-6-19(18)25-21/h1-13H,14H2,(H,24,25)(H,26,27)/b23-12+. The fraction of sp³-hybridized carbons (Fsp3) is 0.0476. The fourth-order valence-electron chi connectivity index (χ4n) is 2.58. The summed E-state index contributed by atoms with van der Waals surface area (Å²) in [6.45, 7) is 0. The Labute approximate surface area is 166 Å². The molecular weight excluding hydrogens is 370 g/mol. The number of benzene rings is 2. The van der Waals surface area contributed by atoms with Gasteiger partial charge < -0.3 is 4.98 Å². The highest BCUT2D eigenvalue weighted by atomic mass is 32.2. The first-order valence-electron chi connectivity index (χ1n) is 8.68. The number of nitrogens with one attached hydrogen (secondary N) is 2. The molecule has 0 unspecified atom stereocenters. The number of H-pyrrole nitrogens is 1. The van der Waals surface area contributed by atoms with Gasteiger partial charge >= 0.3 is 0 Å². The molecule has 0 aliphatic rings. The number of aromatic amines is 1. The molecule has 0 bridgehead atoms. The van der Waals surface area contributed by atoms with Crippen molar-refractivity contribution in [2.75, 3.05) is 0 Å². The Morgan fingerprint density at radius 1 is 1.11 bits per heavy atom. The van der Waals surface area contributed by atoms with E-state index < -0.39 is 0 Å². The SMILES string of the molecule is O=C(N/N=C/c1ccc(CSc2nc3ccccc3[nH]2)cc1)c1cccnc1. The first kappa shape index (κ1) is 17.9. The van der Waals surface area contributed by atoms with Crippen molar-refractivity contribution in [1.29, 1.82) is 0 Å². The van der Waals surface area contributed by atoms with Gasteiger partial charge in [-0.05, 0) is 35.4 Å². The van der Waals surface area contributed by atoms with Gasteiger partial charge in [0.25, 0.3) is 5.91 Å². The Bertz CT molecular complexity index is 1070. The number of hydrazone groups is 1. The second-order valence-electron chi connectivity index (χ2n) is 6.03. The molecule has 138 valence electrons. The highest BCUT2D eigenvalue weighted by Crippen LogP contribution is 2.23. The molecule has 2 aromatic carbocycles. The number of rotatable bonds is 6. The Kier molecular flexibility index (Phi) is 5.44. The van der Waals surface area contributed by atoms with Crippen molar-refractivity contribution in [2.45, 2.75) is 10.9 Å². The molecule has 4 aromatic rings. The number of amides is 1. The van der Waals surface area contributed by atoms with Crippen LogP contribution in [0.15, 0.2) is 83.3 Å². The minimum absolute atomic E-state index is 0.289. The van der Waals surface area contributed by atoms with Crippen LogP contribution in [0, 0.1) is 0 Å². The smallest absolute Gasteiger partial charge is 0.272 e. The third kappa shape index (κ3) is 4.44. The second kappa shape index (κ2) is 8.49. The predicted molar refractivity (Wildman–Crippen MR) is 111 cm³/mol. The lowest BCUT2D eigenvalue weighted by Crippen LogP contribution is -2.17. The van der Waals surface area contributed by atoms with Crippen LogP contribution in [-0.4, -0.2) is 27.1 Å². The molecule has 7 heteroatoms. The van der Waals surface area contributed by atoms with Crippen LogP contribution < -0.4 is 5.43 Å². The molecule has 1 amide bonds. The molecule has 2 aromatic heterocycles. The molecule has 2 N–H and O–H groups in total. The summed E-state index contributed by atoms with van der Waals surface area (Å²) < 4.78 is 0. The Balaban J connectivity index is 1.31. The lowest BCUT2D eigenvalue weighted by atomic mass is 10.2. The molecule has 0 fully saturated rings. The van der Waals surface area contributed by atoms with Crippen molar-refractivity contribution in [1.82, 2.24) is 20.4 Å². The number of thioether (sulfide) groups is 1. The van der Waals surface area contributed by atoms with Gasteiger partial charge in [0.15, 0.2) is 5.16 Å². The molecule has 0 saturated heterocycles. The maximum absolute atomic E-state index is 11.9. The number of hydrogen-bond acceptors (Lipinski definition) is 5. The van der Waals surface area contributed by atoms with Gasteiger partial charge in [0.2, 0.25) is 0 Å². The van der Waals surface area contributed by atoms with E-state index in [-0.39, 0.29) is 5.91 Å². The van der Waals surface area contributed by atoms with Gasteiger partial charge in [0.1, 0.15) is 0 Å². The third-order valence-corrected chi connectivity index (χ3v) is 4.97. The zero-order valence-corrected chi connectivity index (χ0v) is 15.7. The van der Waals surface area contributed by atoms with E-state index in [4.69, 9.17) is 0 Å². The van der Waals surface area contributed by atoms with Crippen molar-refractivity contribution in [2.24, 2.45) is 5.10 Å². The molecule has 4 rings (SSSR count). The first-order chi connectivity index (χ1) is 13.8. The largest absolute Gasteiger partial charge is 0.333 e. The Morgan fingerprint density at radius 3 is 2.75 bits per heavy atom. The minimum Gasteiger partial charge on any atom is -0.333 e. The van der Waals surface area contributed by atoms with Crippen molar-refractivity contribution in [3.8, 4) is 0 Å². The minimum atomic E-state index is -0.289. The average molecular weight is 387 g/mol. The number of imidazole rings is 1. The van der Waals surface area contributed by atoms with Crippen LogP contribution in [0.1, 0.15) is 21.5 Å². The number of para-hydroxylation sites is 2. The van der Waals surface area contributed by atoms with Crippen molar-refractivity contribution >= 4 is 34.9 Å². The molecule has 0 aliphatic carbocycles. The van der Waals surface area contributed by atoms with Crippen LogP contribution in [0.2, 0.25) is 0 Å². The highest BCUT2D eigenvalue weighted by molar-refractivity contribution is 7.98. The lowest BCUT2D eigenvalue weighted by Gasteiger charge is -2.01. The van der Waals surface area contributed by atoms with Crippen molar-refractivity contribution < 1.29 is 4.79 Å². The van der Waals surface area contributed by atoms with Crippen LogP contribution in [0.4, 0.5) is 0 Å². The van der Waals surface area contributed by atoms with Gasteiger partial charge in [-0.1, -0.05) is 48.2 Å². The Morgan fingerprint density at radius 2 is 1.96 bits per heavy atom. The summed E-state index contributed by atoms with van der Waals surface area (Å²) in [6, 6.07) is 19.4. The van der Waals surface area contributed by atoms with Gasteiger partial charge in [-0.2, -0.15) is 5.10 Å². The second-order valence-corrected chi connectivity index (χ2v) is 6.99. The van der Waals surface area contributed by atoms with E-state index in [0.717, 1.165) is 27.5 Å². The van der Waals surface area contributed by atoms with Gasteiger partial charge in [-0.15, -0.1) is 0 Å². The highest BCUT2D eigenvalue weighted by Gasteiger charge is 2.04. The third-order valence-electron chi connectivity index (χ3n) is 4.03. The average Bonchev–Trinajstić information content (AvgIpc) is 3.17. The van der Waals surface area contributed by atoms with E-state index in [1.807, 2.05) is 48.5 Å². The van der Waals surface area contributed by atoms with Gasteiger partial charge in [-0.25, -0.2) is 10.4 Å². The summed E-state index contributed by atoms with van der Waals surface area (Å²) in [7, 11) is 0. The van der Waals surface area contributed by atoms with E-state index in [0.29, 0.717) is 5.56 Å². The number of fused-ring (bicyclic) bond motifs is 1. The number of aromatic nitrogens is 3. The summed E-state index contributed by atoms with van der Waals surface area (Å²) in [5, 5.41) is 4.90. The predicted octanol–water partition coefficient (Wildman–Crippen LogP) is 4.01. The molecular formula is C21H17N5OS. The molecule has 0 radical (unpaired) electrons. The maximum atomic E-state index is 11.9. The van der Waals surface area contributed by atoms with Crippen LogP contribution in [-0.2, 0) is 5.75 Å². The monoisotopic (exact) mass is 387 g/mol. The van der Waals surface area contributed by atoms with Crippen LogP contribution >= 0.6 is 11.8 Å². The lowest BCUT2D eigenvalue weighted by molar-refractivity contribution is 0.0955. The quantitative estimate of drug-likeness (QED) is 0.297. The molecule has 2 heterocycles. The van der Waals surface area contributed by atoms with E-state index in [1.165, 1.54) is 11.8 Å². The van der Waals surface area contributed by atoms with Crippen molar-refractivity contribution in [3.63, 3.8) is 0 Å². The van der Waals surface area contributed by atoms with Crippen LogP contribution in [0.25, 0.3) is 11.0 Å². The molecule has 6 nitrogen and oxygen atoms in total. The van der Waals surface area contributed by atoms with E-state index in [9.17, 15) is 4.79 Å². The van der Waals surface area contributed by atoms with Crippen molar-refractivity contribution in [3.05, 3.63) is 89.7 Å². The first-order valence-corrected chi connectivity index (χ1v) is 9.66. The molecule has 0 saturated carbocycles. The number of carbonyl (C=O) groups excluding carboxylic acids is 1. The molecule has 0 atom stereocenters. The summed E-state index contributed by atoms with van der Waals surface area (Å²) in [4.78, 5) is 23.7. The number of carbonyl (C=O) groups is 1. The van der Waals surface area contributed by atoms with E-state index in [1.54, 1.807) is 36.3 Å². The number of nitrogens with zero attached hydrogens (tertiary/aromatic N) is 3. The van der Waals surface area contributed by atoms with Crippen LogP contribution in [0.3, 0.4) is 0 Å². The van der Waals surface area contributed by atoms with E-state index >= 15 is 0 Å². The topological polar surface area (TPSA) is 83.0 Å². The summed E-state index contributed by atoms with van der Waals surface area (Å²) in [5.74, 6) is 0.526. The molecule has 0 spiro atoms. The molecule has 0 aliphatic heterocycles. The zero-order chi connectivity index (χ0) is 19.2. The van der Waals surface area contributed by atoms with Gasteiger partial charge in [0.05, 0.1) is 22.8 Å². The van der Waals surface area contributed by atoms with Gasteiger partial charge in [0, 0.05) is 18.1 Å². The summed E-state index contributed by atoms with van der Waals surface area (Å²) >= 11 is 1.66. The van der Waals surface area contributed by atoms with Gasteiger partial charge in [-0.3, -0.25) is 9.78 Å². The summed E-state index contributed by atoms with van der Waals surface area (Å²) in [6.07, 6.45) is 4.73.